The van der Waals surface area contributed by atoms with Gasteiger partial charge in [-0.1, -0.05) is 6.07 Å². The maximum Gasteiger partial charge on any atom is 0.338 e. The van der Waals surface area contributed by atoms with Crippen LogP contribution >= 0.6 is 0 Å². The highest BCUT2D eigenvalue weighted by atomic mass is 16.6. The minimum absolute atomic E-state index is 0.0138. The second-order valence-corrected chi connectivity index (χ2v) is 6.09. The third-order valence-corrected chi connectivity index (χ3v) is 4.06. The molecule has 2 aromatic carbocycles. The maximum absolute atomic E-state index is 12.0. The molecule has 0 radical (unpaired) electrons. The molecule has 1 N–H and O–H groups in total. The van der Waals surface area contributed by atoms with Crippen molar-refractivity contribution in [2.45, 2.75) is 20.8 Å². The highest BCUT2D eigenvalue weighted by molar-refractivity contribution is 5.97. The third kappa shape index (κ3) is 4.67. The molecule has 0 heterocycles. The van der Waals surface area contributed by atoms with Crippen LogP contribution in [0.15, 0.2) is 30.3 Å². The monoisotopic (exact) mass is 387 g/mol. The van der Waals surface area contributed by atoms with Gasteiger partial charge in [0, 0.05) is 17.7 Å². The van der Waals surface area contributed by atoms with Crippen LogP contribution in [0.2, 0.25) is 0 Å². The van der Waals surface area contributed by atoms with Gasteiger partial charge in [0.2, 0.25) is 0 Å². The van der Waals surface area contributed by atoms with E-state index in [4.69, 9.17) is 4.74 Å². The number of carbonyl (C=O) groups excluding carboxylic acids is 2. The van der Waals surface area contributed by atoms with Crippen LogP contribution in [-0.4, -0.2) is 28.3 Å². The molecular weight excluding hydrogens is 370 g/mol. The third-order valence-electron chi connectivity index (χ3n) is 4.06. The van der Waals surface area contributed by atoms with E-state index in [2.05, 4.69) is 5.32 Å². The lowest BCUT2D eigenvalue weighted by atomic mass is 10.1. The lowest BCUT2D eigenvalue weighted by Gasteiger charge is -2.09. The molecule has 2 rings (SSSR count). The van der Waals surface area contributed by atoms with Crippen LogP contribution in [0.1, 0.15) is 27.0 Å². The Morgan fingerprint density at radius 1 is 0.929 bits per heavy atom. The number of esters is 1. The Morgan fingerprint density at radius 2 is 1.54 bits per heavy atom. The van der Waals surface area contributed by atoms with E-state index in [1.807, 2.05) is 0 Å². The highest BCUT2D eigenvalue weighted by Crippen LogP contribution is 2.28. The molecule has 0 atom stereocenters. The van der Waals surface area contributed by atoms with Crippen molar-refractivity contribution in [1.82, 2.24) is 0 Å². The van der Waals surface area contributed by atoms with Crippen molar-refractivity contribution in [1.29, 1.82) is 0 Å². The topological polar surface area (TPSA) is 142 Å². The summed E-state index contributed by atoms with van der Waals surface area (Å²) in [6.07, 6.45) is 0. The quantitative estimate of drug-likeness (QED) is 0.455. The Labute approximate surface area is 159 Å². The van der Waals surface area contributed by atoms with Crippen molar-refractivity contribution in [3.8, 4) is 0 Å². The lowest BCUT2D eigenvalue weighted by molar-refractivity contribution is -0.385. The Hall–Kier alpha value is -3.82. The van der Waals surface area contributed by atoms with Crippen LogP contribution in [0.4, 0.5) is 17.1 Å². The number of hydrogen-bond acceptors (Lipinski definition) is 7. The van der Waals surface area contributed by atoms with Crippen LogP contribution in [0.3, 0.4) is 0 Å². The number of hydrogen-bond donors (Lipinski definition) is 1. The smallest absolute Gasteiger partial charge is 0.338 e. The fraction of sp³-hybridized carbons (Fsp3) is 0.222. The fourth-order valence-electron chi connectivity index (χ4n) is 2.39. The summed E-state index contributed by atoms with van der Waals surface area (Å²) in [4.78, 5) is 44.9. The van der Waals surface area contributed by atoms with Crippen molar-refractivity contribution >= 4 is 28.9 Å². The molecule has 0 aliphatic rings. The van der Waals surface area contributed by atoms with Crippen LogP contribution in [0, 0.1) is 41.0 Å². The summed E-state index contributed by atoms with van der Waals surface area (Å²) < 4.78 is 4.85. The zero-order chi connectivity index (χ0) is 21.0. The molecule has 0 bridgehead atoms. The summed E-state index contributed by atoms with van der Waals surface area (Å²) in [6, 6.07) is 6.59. The van der Waals surface area contributed by atoms with Gasteiger partial charge in [0.1, 0.15) is 5.69 Å². The molecule has 0 fully saturated rings. The molecule has 0 aromatic heterocycles. The number of carbonyl (C=O) groups is 2. The Balaban J connectivity index is 2.08. The van der Waals surface area contributed by atoms with Crippen LogP contribution in [-0.2, 0) is 9.53 Å². The van der Waals surface area contributed by atoms with Gasteiger partial charge in [0.05, 0.1) is 15.4 Å². The van der Waals surface area contributed by atoms with E-state index in [0.717, 1.165) is 11.6 Å². The van der Waals surface area contributed by atoms with Crippen LogP contribution < -0.4 is 5.32 Å². The summed E-state index contributed by atoms with van der Waals surface area (Å²) in [5, 5.41) is 24.4. The number of anilines is 1. The zero-order valence-electron chi connectivity index (χ0n) is 15.3. The van der Waals surface area contributed by atoms with Crippen molar-refractivity contribution in [2.75, 3.05) is 11.9 Å². The van der Waals surface area contributed by atoms with E-state index >= 15 is 0 Å². The van der Waals surface area contributed by atoms with Crippen molar-refractivity contribution in [2.24, 2.45) is 0 Å². The van der Waals surface area contributed by atoms with E-state index in [9.17, 15) is 29.8 Å². The maximum atomic E-state index is 12.0. The lowest BCUT2D eigenvalue weighted by Crippen LogP contribution is -2.21. The van der Waals surface area contributed by atoms with E-state index in [0.29, 0.717) is 11.1 Å². The van der Waals surface area contributed by atoms with E-state index < -0.39 is 28.3 Å². The Morgan fingerprint density at radius 3 is 2.14 bits per heavy atom. The average molecular weight is 387 g/mol. The van der Waals surface area contributed by atoms with Gasteiger partial charge in [-0.2, -0.15) is 0 Å². The van der Waals surface area contributed by atoms with Gasteiger partial charge in [0.25, 0.3) is 17.3 Å². The molecule has 10 heteroatoms. The van der Waals surface area contributed by atoms with E-state index in [1.165, 1.54) is 31.2 Å². The van der Waals surface area contributed by atoms with Gasteiger partial charge in [-0.15, -0.1) is 0 Å². The summed E-state index contributed by atoms with van der Waals surface area (Å²) in [5.74, 6) is -1.70. The first-order valence-electron chi connectivity index (χ1n) is 8.07. The molecule has 0 saturated heterocycles. The predicted molar refractivity (Wildman–Crippen MR) is 99.3 cm³/mol. The second-order valence-electron chi connectivity index (χ2n) is 6.09. The first-order valence-corrected chi connectivity index (χ1v) is 8.07. The summed E-state index contributed by atoms with van der Waals surface area (Å²) in [6.45, 7) is 4.26. The van der Waals surface area contributed by atoms with Gasteiger partial charge in [-0.05, 0) is 44.0 Å². The normalized spacial score (nSPS) is 10.2. The first kappa shape index (κ1) is 20.5. The molecule has 1 amide bonds. The number of nitrogens with zero attached hydrogens (tertiary/aromatic N) is 2. The fourth-order valence-corrected chi connectivity index (χ4v) is 2.39. The van der Waals surface area contributed by atoms with E-state index in [1.54, 1.807) is 13.8 Å². The predicted octanol–water partition coefficient (Wildman–Crippen LogP) is 3.22. The number of aryl methyl sites for hydroxylation is 3. The molecule has 0 spiro atoms. The molecule has 2 aromatic rings. The number of nitrogens with one attached hydrogen (secondary N) is 1. The summed E-state index contributed by atoms with van der Waals surface area (Å²) in [7, 11) is 0. The molecule has 0 unspecified atom stereocenters. The number of amides is 1. The minimum atomic E-state index is -0.923. The number of ether oxygens (including phenoxy) is 1. The van der Waals surface area contributed by atoms with Gasteiger partial charge >= 0.3 is 5.97 Å². The number of rotatable bonds is 6. The van der Waals surface area contributed by atoms with Gasteiger partial charge < -0.3 is 10.1 Å². The van der Waals surface area contributed by atoms with Gasteiger partial charge in [0.15, 0.2) is 6.61 Å². The minimum Gasteiger partial charge on any atom is -0.452 e. The number of nitro groups is 2. The largest absolute Gasteiger partial charge is 0.452 e. The number of nitro benzene ring substituents is 2. The zero-order valence-corrected chi connectivity index (χ0v) is 15.3. The molecule has 0 saturated carbocycles. The number of benzene rings is 2. The van der Waals surface area contributed by atoms with Crippen LogP contribution in [0.25, 0.3) is 0 Å². The van der Waals surface area contributed by atoms with Crippen molar-refractivity contribution in [3.05, 3.63) is 72.8 Å². The van der Waals surface area contributed by atoms with Crippen LogP contribution in [0.5, 0.6) is 0 Å². The molecular formula is C18H17N3O7. The standard InChI is InChI=1S/C18H17N3O7/c1-10-4-5-13(8-15(10)20(24)25)18(23)28-9-17(22)19-14-6-11(2)12(3)7-16(14)21(26)27/h4-8H,9H2,1-3H3,(H,19,22). The van der Waals surface area contributed by atoms with Gasteiger partial charge in [-0.3, -0.25) is 25.0 Å². The molecule has 10 nitrogen and oxygen atoms in total. The highest BCUT2D eigenvalue weighted by Gasteiger charge is 2.20. The molecule has 146 valence electrons. The van der Waals surface area contributed by atoms with Gasteiger partial charge in [-0.25, -0.2) is 4.79 Å². The molecule has 0 aliphatic carbocycles. The van der Waals surface area contributed by atoms with E-state index in [-0.39, 0.29) is 22.6 Å². The molecule has 28 heavy (non-hydrogen) atoms. The first-order chi connectivity index (χ1) is 13.1. The Kier molecular flexibility index (Phi) is 6.04. The molecule has 0 aliphatic heterocycles. The SMILES string of the molecule is Cc1cc(NC(=O)COC(=O)c2ccc(C)c([N+](=O)[O-])c2)c([N+](=O)[O-])cc1C. The van der Waals surface area contributed by atoms with Crippen molar-refractivity contribution < 1.29 is 24.2 Å². The summed E-state index contributed by atoms with van der Waals surface area (Å²) in [5.41, 5.74) is 1.19. The average Bonchev–Trinajstić information content (AvgIpc) is 2.62. The second kappa shape index (κ2) is 8.25. The Bertz CT molecular complexity index is 985. The van der Waals surface area contributed by atoms with Crippen molar-refractivity contribution in [3.63, 3.8) is 0 Å². The summed E-state index contributed by atoms with van der Waals surface area (Å²) >= 11 is 0.